The highest BCUT2D eigenvalue weighted by Gasteiger charge is 2.13. The number of benzene rings is 1. The number of hydrogen-bond acceptors (Lipinski definition) is 5. The molecular formula is C11H10BrN3O4S. The summed E-state index contributed by atoms with van der Waals surface area (Å²) in [5, 5.41) is 15.1. The van der Waals surface area contributed by atoms with E-state index in [4.69, 9.17) is 9.84 Å². The molecule has 0 fully saturated rings. The van der Waals surface area contributed by atoms with Gasteiger partial charge in [-0.05, 0) is 12.1 Å². The van der Waals surface area contributed by atoms with Crippen molar-refractivity contribution in [3.8, 4) is 11.4 Å². The lowest BCUT2D eigenvalue weighted by atomic mass is 10.3. The van der Waals surface area contributed by atoms with Crippen LogP contribution in [-0.2, 0) is 4.79 Å². The fourth-order valence-electron chi connectivity index (χ4n) is 1.53. The monoisotopic (exact) mass is 359 g/mol. The van der Waals surface area contributed by atoms with Gasteiger partial charge in [-0.15, -0.1) is 5.10 Å². The lowest BCUT2D eigenvalue weighted by Crippen LogP contribution is -2.16. The van der Waals surface area contributed by atoms with E-state index in [-0.39, 0.29) is 10.9 Å². The summed E-state index contributed by atoms with van der Waals surface area (Å²) in [5.41, 5.74) is 0.0842. The van der Waals surface area contributed by atoms with Gasteiger partial charge in [-0.2, -0.15) is 0 Å². The molecule has 1 aromatic heterocycles. The van der Waals surface area contributed by atoms with E-state index in [0.717, 1.165) is 16.2 Å². The van der Waals surface area contributed by atoms with Gasteiger partial charge in [0.15, 0.2) is 5.16 Å². The molecule has 0 spiro atoms. The minimum absolute atomic E-state index is 0.185. The molecule has 1 heterocycles. The van der Waals surface area contributed by atoms with E-state index >= 15 is 0 Å². The molecule has 2 aromatic rings. The number of nitrogens with one attached hydrogen (secondary N) is 1. The standard InChI is InChI=1S/C11H10BrN3O4S/c1-19-8-3-6(12)2-7(4-8)15-10(18)13-14-11(15)20-5-9(16)17/h2-4H,5H2,1H3,(H,13,18)(H,16,17). The molecule has 1 aromatic carbocycles. The van der Waals surface area contributed by atoms with Gasteiger partial charge in [-0.1, -0.05) is 27.7 Å². The number of H-pyrrole nitrogens is 1. The zero-order chi connectivity index (χ0) is 14.7. The predicted octanol–water partition coefficient (Wildman–Crippen LogP) is 1.51. The van der Waals surface area contributed by atoms with Crippen LogP contribution in [0, 0.1) is 0 Å². The first-order valence-electron chi connectivity index (χ1n) is 5.38. The summed E-state index contributed by atoms with van der Waals surface area (Å²) in [6.07, 6.45) is 0. The van der Waals surface area contributed by atoms with Crippen LogP contribution in [0.1, 0.15) is 0 Å². The second kappa shape index (κ2) is 6.14. The summed E-state index contributed by atoms with van der Waals surface area (Å²) in [6, 6.07) is 5.12. The van der Waals surface area contributed by atoms with Gasteiger partial charge in [-0.3, -0.25) is 4.79 Å². The van der Waals surface area contributed by atoms with Crippen LogP contribution in [0.2, 0.25) is 0 Å². The average Bonchev–Trinajstić information content (AvgIpc) is 2.76. The van der Waals surface area contributed by atoms with Gasteiger partial charge in [0.2, 0.25) is 0 Å². The Bertz CT molecular complexity index is 697. The Kier molecular flexibility index (Phi) is 4.50. The molecule has 0 bridgehead atoms. The SMILES string of the molecule is COc1cc(Br)cc(-n2c(SCC(=O)O)n[nH]c2=O)c1. The van der Waals surface area contributed by atoms with Crippen LogP contribution in [0.25, 0.3) is 5.69 Å². The van der Waals surface area contributed by atoms with Crippen molar-refractivity contribution in [2.24, 2.45) is 0 Å². The molecule has 0 aliphatic carbocycles. The molecule has 9 heteroatoms. The van der Waals surface area contributed by atoms with Crippen molar-refractivity contribution in [1.29, 1.82) is 0 Å². The number of nitrogens with zero attached hydrogens (tertiary/aromatic N) is 2. The topological polar surface area (TPSA) is 97.2 Å². The first-order valence-corrected chi connectivity index (χ1v) is 7.16. The molecule has 0 saturated carbocycles. The third kappa shape index (κ3) is 3.23. The first-order chi connectivity index (χ1) is 9.51. The third-order valence-corrected chi connectivity index (χ3v) is 3.70. The Hall–Kier alpha value is -1.74. The highest BCUT2D eigenvalue weighted by molar-refractivity contribution is 9.10. The van der Waals surface area contributed by atoms with Crippen molar-refractivity contribution >= 4 is 33.7 Å². The highest BCUT2D eigenvalue weighted by Crippen LogP contribution is 2.25. The molecule has 0 unspecified atom stereocenters. The maximum atomic E-state index is 11.8. The van der Waals surface area contributed by atoms with Gasteiger partial charge in [0.1, 0.15) is 5.75 Å². The summed E-state index contributed by atoms with van der Waals surface area (Å²) in [7, 11) is 1.52. The molecule has 7 nitrogen and oxygen atoms in total. The first kappa shape index (κ1) is 14.7. The Labute approximate surface area is 126 Å². The van der Waals surface area contributed by atoms with Gasteiger partial charge >= 0.3 is 11.7 Å². The highest BCUT2D eigenvalue weighted by atomic mass is 79.9. The van der Waals surface area contributed by atoms with Crippen LogP contribution < -0.4 is 10.4 Å². The average molecular weight is 360 g/mol. The zero-order valence-corrected chi connectivity index (χ0v) is 12.7. The Balaban J connectivity index is 2.46. The number of ether oxygens (including phenoxy) is 1. The molecule has 0 aliphatic rings. The number of hydrogen-bond donors (Lipinski definition) is 2. The normalized spacial score (nSPS) is 10.5. The second-order valence-corrected chi connectivity index (χ2v) is 5.54. The van der Waals surface area contributed by atoms with Crippen molar-refractivity contribution in [3.05, 3.63) is 33.2 Å². The van der Waals surface area contributed by atoms with Crippen LogP contribution >= 0.6 is 27.7 Å². The quantitative estimate of drug-likeness (QED) is 0.785. The van der Waals surface area contributed by atoms with Crippen LogP contribution in [-0.4, -0.2) is 38.7 Å². The molecule has 0 radical (unpaired) electrons. The van der Waals surface area contributed by atoms with E-state index in [1.54, 1.807) is 18.2 Å². The Morgan fingerprint density at radius 1 is 1.55 bits per heavy atom. The number of aromatic amines is 1. The molecule has 0 saturated heterocycles. The number of carboxylic acid groups (broad SMARTS) is 1. The number of methoxy groups -OCH3 is 1. The van der Waals surface area contributed by atoms with E-state index in [0.29, 0.717) is 11.4 Å². The Morgan fingerprint density at radius 3 is 2.95 bits per heavy atom. The number of aliphatic carboxylic acids is 1. The lowest BCUT2D eigenvalue weighted by Gasteiger charge is -2.07. The van der Waals surface area contributed by atoms with Crippen LogP contribution in [0.3, 0.4) is 0 Å². The summed E-state index contributed by atoms with van der Waals surface area (Å²) in [5.74, 6) is -0.601. The predicted molar refractivity (Wildman–Crippen MR) is 76.8 cm³/mol. The van der Waals surface area contributed by atoms with Crippen molar-refractivity contribution in [2.75, 3.05) is 12.9 Å². The molecule has 0 amide bonds. The van der Waals surface area contributed by atoms with Crippen LogP contribution in [0.5, 0.6) is 5.75 Å². The molecule has 20 heavy (non-hydrogen) atoms. The van der Waals surface area contributed by atoms with Gasteiger partial charge in [0, 0.05) is 10.5 Å². The number of thioether (sulfide) groups is 1. The fraction of sp³-hybridized carbons (Fsp3) is 0.182. The summed E-state index contributed by atoms with van der Waals surface area (Å²) < 4.78 is 7.16. The Morgan fingerprint density at radius 2 is 2.30 bits per heavy atom. The van der Waals surface area contributed by atoms with Crippen LogP contribution in [0.15, 0.2) is 32.6 Å². The zero-order valence-electron chi connectivity index (χ0n) is 10.3. The van der Waals surface area contributed by atoms with Gasteiger partial charge in [-0.25, -0.2) is 14.5 Å². The van der Waals surface area contributed by atoms with E-state index < -0.39 is 11.7 Å². The number of carboxylic acids is 1. The largest absolute Gasteiger partial charge is 0.497 e. The molecule has 2 rings (SSSR count). The summed E-state index contributed by atoms with van der Waals surface area (Å²) in [4.78, 5) is 22.4. The minimum Gasteiger partial charge on any atom is -0.497 e. The lowest BCUT2D eigenvalue weighted by molar-refractivity contribution is -0.133. The second-order valence-electron chi connectivity index (χ2n) is 3.68. The molecule has 0 aliphatic heterocycles. The van der Waals surface area contributed by atoms with Crippen molar-refractivity contribution in [1.82, 2.24) is 14.8 Å². The third-order valence-electron chi connectivity index (χ3n) is 2.32. The number of rotatable bonds is 5. The number of aromatic nitrogens is 3. The fourth-order valence-corrected chi connectivity index (χ4v) is 2.67. The number of halogens is 1. The maximum Gasteiger partial charge on any atom is 0.348 e. The molecule has 106 valence electrons. The smallest absolute Gasteiger partial charge is 0.348 e. The number of carbonyl (C=O) groups is 1. The van der Waals surface area contributed by atoms with E-state index in [9.17, 15) is 9.59 Å². The van der Waals surface area contributed by atoms with Crippen molar-refractivity contribution < 1.29 is 14.6 Å². The van der Waals surface area contributed by atoms with Crippen LogP contribution in [0.4, 0.5) is 0 Å². The van der Waals surface area contributed by atoms with Crippen molar-refractivity contribution in [3.63, 3.8) is 0 Å². The minimum atomic E-state index is -0.983. The van der Waals surface area contributed by atoms with Crippen molar-refractivity contribution in [2.45, 2.75) is 5.16 Å². The van der Waals surface area contributed by atoms with Gasteiger partial charge in [0.25, 0.3) is 0 Å². The van der Waals surface area contributed by atoms with E-state index in [1.165, 1.54) is 11.7 Å². The molecular weight excluding hydrogens is 350 g/mol. The van der Waals surface area contributed by atoms with E-state index in [1.807, 2.05) is 0 Å². The molecule has 0 atom stereocenters. The molecule has 2 N–H and O–H groups in total. The summed E-state index contributed by atoms with van der Waals surface area (Å²) >= 11 is 4.28. The summed E-state index contributed by atoms with van der Waals surface area (Å²) in [6.45, 7) is 0. The van der Waals surface area contributed by atoms with Gasteiger partial charge < -0.3 is 9.84 Å². The van der Waals surface area contributed by atoms with Gasteiger partial charge in [0.05, 0.1) is 18.6 Å². The maximum absolute atomic E-state index is 11.8. The van der Waals surface area contributed by atoms with E-state index in [2.05, 4.69) is 26.1 Å².